The number of hydrogen-bond acceptors (Lipinski definition) is 6. The number of pyridine rings is 1. The van der Waals surface area contributed by atoms with Crippen LogP contribution in [-0.2, 0) is 0 Å². The Balaban J connectivity index is 1.27. The van der Waals surface area contributed by atoms with Crippen LogP contribution in [0.5, 0.6) is 5.75 Å². The molecule has 1 fully saturated rings. The average Bonchev–Trinajstić information content (AvgIpc) is 3.30. The third-order valence-corrected chi connectivity index (χ3v) is 7.48. The van der Waals surface area contributed by atoms with Crippen LogP contribution in [0.15, 0.2) is 66.3 Å². The minimum absolute atomic E-state index is 0.0228. The zero-order valence-electron chi connectivity index (χ0n) is 19.5. The van der Waals surface area contributed by atoms with Gasteiger partial charge in [-0.15, -0.1) is 11.3 Å². The largest absolute Gasteiger partial charge is 0.490 e. The number of nitrogens with zero attached hydrogens (tertiary/aromatic N) is 3. The van der Waals surface area contributed by atoms with Gasteiger partial charge < -0.3 is 10.1 Å². The number of halogens is 1. The van der Waals surface area contributed by atoms with Crippen molar-refractivity contribution in [3.05, 3.63) is 88.3 Å². The normalized spacial score (nSPS) is 15.7. The molecular formula is C27H27FN4O2S. The maximum atomic E-state index is 13.5. The number of fused-ring (bicyclic) bond motifs is 1. The number of nitrogens with one attached hydrogen (secondary N) is 1. The number of aryl methyl sites for hydroxylation is 1. The van der Waals surface area contributed by atoms with Crippen molar-refractivity contribution in [2.24, 2.45) is 0 Å². The number of likely N-dealkylation sites (tertiary alicyclic amines) is 1. The van der Waals surface area contributed by atoms with Crippen LogP contribution in [0.25, 0.3) is 10.9 Å². The zero-order chi connectivity index (χ0) is 24.2. The lowest BCUT2D eigenvalue weighted by Crippen LogP contribution is -2.44. The number of benzene rings is 2. The van der Waals surface area contributed by atoms with Gasteiger partial charge in [-0.25, -0.2) is 9.37 Å². The fraction of sp³-hybridized carbons (Fsp3) is 0.296. The number of carbonyl (C=O) groups excluding carboxylic acids is 1. The van der Waals surface area contributed by atoms with Crippen molar-refractivity contribution in [1.82, 2.24) is 20.2 Å². The number of thiazole rings is 1. The first kappa shape index (κ1) is 23.4. The van der Waals surface area contributed by atoms with Crippen LogP contribution in [-0.4, -0.2) is 46.5 Å². The Labute approximate surface area is 207 Å². The molecule has 180 valence electrons. The van der Waals surface area contributed by atoms with Crippen molar-refractivity contribution in [1.29, 1.82) is 0 Å². The van der Waals surface area contributed by atoms with E-state index >= 15 is 0 Å². The molecule has 4 aromatic rings. The van der Waals surface area contributed by atoms with E-state index in [1.165, 1.54) is 12.1 Å². The van der Waals surface area contributed by atoms with Gasteiger partial charge in [-0.05, 0) is 50.1 Å². The van der Waals surface area contributed by atoms with Crippen molar-refractivity contribution in [2.45, 2.75) is 31.9 Å². The number of hydrogen-bond donors (Lipinski definition) is 1. The van der Waals surface area contributed by atoms with Crippen molar-refractivity contribution < 1.29 is 13.9 Å². The topological polar surface area (TPSA) is 67.4 Å². The molecule has 2 aromatic heterocycles. The molecule has 2 aromatic carbocycles. The lowest BCUT2D eigenvalue weighted by atomic mass is 10.0. The number of piperidine rings is 1. The molecule has 1 aliphatic rings. The van der Waals surface area contributed by atoms with Crippen LogP contribution >= 0.6 is 11.3 Å². The number of amides is 1. The first-order valence-corrected chi connectivity index (χ1v) is 12.6. The second kappa shape index (κ2) is 10.5. The lowest BCUT2D eigenvalue weighted by molar-refractivity contribution is 0.0719. The van der Waals surface area contributed by atoms with Gasteiger partial charge in [-0.3, -0.25) is 14.7 Å². The SMILES string of the molecule is Cc1ncsc1C(CNC(=O)c1cccc2ncccc12)N1CCC(Oc2cccc(F)c2)CC1. The van der Waals surface area contributed by atoms with Crippen LogP contribution in [0.2, 0.25) is 0 Å². The van der Waals surface area contributed by atoms with Crippen LogP contribution in [0.4, 0.5) is 4.39 Å². The summed E-state index contributed by atoms with van der Waals surface area (Å²) in [6, 6.07) is 15.7. The van der Waals surface area contributed by atoms with Crippen LogP contribution in [0.1, 0.15) is 39.8 Å². The summed E-state index contributed by atoms with van der Waals surface area (Å²) in [5.74, 6) is 0.161. The van der Waals surface area contributed by atoms with E-state index in [0.717, 1.165) is 47.4 Å². The highest BCUT2D eigenvalue weighted by Crippen LogP contribution is 2.30. The first-order chi connectivity index (χ1) is 17.1. The minimum atomic E-state index is -0.293. The Bertz CT molecular complexity index is 1310. The molecule has 35 heavy (non-hydrogen) atoms. The molecule has 3 heterocycles. The molecule has 1 aliphatic heterocycles. The van der Waals surface area contributed by atoms with E-state index in [2.05, 4.69) is 20.2 Å². The molecule has 0 aliphatic carbocycles. The summed E-state index contributed by atoms with van der Waals surface area (Å²) in [6.45, 7) is 4.12. The second-order valence-electron chi connectivity index (χ2n) is 8.71. The van der Waals surface area contributed by atoms with Crippen molar-refractivity contribution in [3.8, 4) is 5.75 Å². The zero-order valence-corrected chi connectivity index (χ0v) is 20.3. The summed E-state index contributed by atoms with van der Waals surface area (Å²) in [5.41, 5.74) is 4.27. The summed E-state index contributed by atoms with van der Waals surface area (Å²) in [5, 5.41) is 4.00. The van der Waals surface area contributed by atoms with Gasteiger partial charge in [-0.1, -0.05) is 18.2 Å². The molecule has 0 saturated carbocycles. The van der Waals surface area contributed by atoms with Gasteiger partial charge in [-0.2, -0.15) is 0 Å². The predicted molar refractivity (Wildman–Crippen MR) is 135 cm³/mol. The van der Waals surface area contributed by atoms with E-state index in [9.17, 15) is 9.18 Å². The van der Waals surface area contributed by atoms with Gasteiger partial charge in [0.05, 0.1) is 22.8 Å². The van der Waals surface area contributed by atoms with Crippen LogP contribution in [0.3, 0.4) is 0 Å². The highest BCUT2D eigenvalue weighted by Gasteiger charge is 2.29. The van der Waals surface area contributed by atoms with E-state index in [4.69, 9.17) is 4.74 Å². The molecule has 6 nitrogen and oxygen atoms in total. The molecule has 1 amide bonds. The van der Waals surface area contributed by atoms with Crippen molar-refractivity contribution >= 4 is 28.1 Å². The van der Waals surface area contributed by atoms with Gasteiger partial charge in [0.2, 0.25) is 0 Å². The molecule has 0 spiro atoms. The van der Waals surface area contributed by atoms with Gasteiger partial charge in [0.15, 0.2) is 0 Å². The highest BCUT2D eigenvalue weighted by atomic mass is 32.1. The molecule has 5 rings (SSSR count). The summed E-state index contributed by atoms with van der Waals surface area (Å²) in [6.07, 6.45) is 3.42. The molecule has 1 saturated heterocycles. The van der Waals surface area contributed by atoms with Gasteiger partial charge in [0, 0.05) is 47.7 Å². The average molecular weight is 491 g/mol. The van der Waals surface area contributed by atoms with Crippen LogP contribution in [0, 0.1) is 12.7 Å². The molecule has 0 radical (unpaired) electrons. The molecule has 8 heteroatoms. The second-order valence-corrected chi connectivity index (χ2v) is 9.60. The fourth-order valence-electron chi connectivity index (χ4n) is 4.64. The van der Waals surface area contributed by atoms with E-state index < -0.39 is 0 Å². The van der Waals surface area contributed by atoms with Gasteiger partial charge in [0.25, 0.3) is 5.91 Å². The quantitative estimate of drug-likeness (QED) is 0.388. The number of aromatic nitrogens is 2. The molecule has 1 unspecified atom stereocenters. The van der Waals surface area contributed by atoms with Crippen molar-refractivity contribution in [3.63, 3.8) is 0 Å². The van der Waals surface area contributed by atoms with Gasteiger partial charge >= 0.3 is 0 Å². The smallest absolute Gasteiger partial charge is 0.252 e. The maximum absolute atomic E-state index is 13.5. The van der Waals surface area contributed by atoms with Crippen molar-refractivity contribution in [2.75, 3.05) is 19.6 Å². The molecular weight excluding hydrogens is 463 g/mol. The summed E-state index contributed by atoms with van der Waals surface area (Å²) in [4.78, 5) is 25.5. The number of rotatable bonds is 7. The highest BCUT2D eigenvalue weighted by molar-refractivity contribution is 7.09. The Morgan fingerprint density at radius 1 is 1.17 bits per heavy atom. The number of carbonyl (C=O) groups is 1. The summed E-state index contributed by atoms with van der Waals surface area (Å²) >= 11 is 1.62. The van der Waals surface area contributed by atoms with Gasteiger partial charge in [0.1, 0.15) is 17.7 Å². The Kier molecular flexibility index (Phi) is 7.01. The third-order valence-electron chi connectivity index (χ3n) is 6.45. The minimum Gasteiger partial charge on any atom is -0.490 e. The Morgan fingerprint density at radius 2 is 2.00 bits per heavy atom. The summed E-state index contributed by atoms with van der Waals surface area (Å²) in [7, 11) is 0. The Morgan fingerprint density at radius 3 is 2.77 bits per heavy atom. The molecule has 1 N–H and O–H groups in total. The van der Waals surface area contributed by atoms with E-state index in [1.54, 1.807) is 29.7 Å². The predicted octanol–water partition coefficient (Wildman–Crippen LogP) is 5.15. The maximum Gasteiger partial charge on any atom is 0.252 e. The molecule has 0 bridgehead atoms. The van der Waals surface area contributed by atoms with Crippen LogP contribution < -0.4 is 10.1 Å². The first-order valence-electron chi connectivity index (χ1n) is 11.8. The molecule has 1 atom stereocenters. The lowest BCUT2D eigenvalue weighted by Gasteiger charge is -2.37. The number of ether oxygens (including phenoxy) is 1. The fourth-order valence-corrected chi connectivity index (χ4v) is 5.58. The van der Waals surface area contributed by atoms with E-state index in [-0.39, 0.29) is 23.9 Å². The standard InChI is InChI=1S/C27H27FN4O2S/c1-18-26(35-17-31-18)25(16-30-27(33)23-7-3-9-24-22(23)8-4-12-29-24)32-13-10-20(11-14-32)34-21-6-2-5-19(28)15-21/h2-9,12,15,17,20,25H,10-11,13-14,16H2,1H3,(H,30,33). The monoisotopic (exact) mass is 490 g/mol. The summed E-state index contributed by atoms with van der Waals surface area (Å²) < 4.78 is 19.5. The third kappa shape index (κ3) is 5.33. The Hall–Kier alpha value is -3.36. The van der Waals surface area contributed by atoms with E-state index in [1.807, 2.05) is 42.8 Å². The van der Waals surface area contributed by atoms with E-state index in [0.29, 0.717) is 17.9 Å².